The fourth-order valence-electron chi connectivity index (χ4n) is 2.06. The summed E-state index contributed by atoms with van der Waals surface area (Å²) in [5.41, 5.74) is 2.90. The number of nitrogens with one attached hydrogen (secondary N) is 1. The Kier molecular flexibility index (Phi) is 3.99. The highest BCUT2D eigenvalue weighted by atomic mass is 16.5. The summed E-state index contributed by atoms with van der Waals surface area (Å²) in [6.07, 6.45) is 0. The first-order chi connectivity index (χ1) is 8.70. The van der Waals surface area contributed by atoms with Gasteiger partial charge in [0, 0.05) is 25.3 Å². The van der Waals surface area contributed by atoms with E-state index >= 15 is 0 Å². The third kappa shape index (κ3) is 2.90. The molecule has 1 aliphatic rings. The quantitative estimate of drug-likeness (QED) is 0.809. The molecule has 0 atom stereocenters. The molecule has 0 spiro atoms. The molecule has 18 heavy (non-hydrogen) atoms. The molecule has 0 aromatic heterocycles. The number of hydrogen-bond donors (Lipinski definition) is 1. The Morgan fingerprint density at radius 2 is 2.06 bits per heavy atom. The minimum Gasteiger partial charge on any atom is -0.466 e. The summed E-state index contributed by atoms with van der Waals surface area (Å²) in [5.74, 6) is -0.241. The molecule has 1 heterocycles. The highest BCUT2D eigenvalue weighted by Crippen LogP contribution is 2.15. The van der Waals surface area contributed by atoms with Crippen molar-refractivity contribution < 1.29 is 9.53 Å². The van der Waals surface area contributed by atoms with Crippen LogP contribution in [0.1, 0.15) is 5.56 Å². The zero-order valence-corrected chi connectivity index (χ0v) is 10.8. The fraction of sp³-hybridized carbons (Fsp3) is 0.357. The van der Waals surface area contributed by atoms with Crippen LogP contribution in [0.15, 0.2) is 41.6 Å². The van der Waals surface area contributed by atoms with E-state index in [4.69, 9.17) is 4.74 Å². The molecule has 0 unspecified atom stereocenters. The third-order valence-electron chi connectivity index (χ3n) is 3.00. The Balaban J connectivity index is 2.04. The maximum Gasteiger partial charge on any atom is 0.336 e. The molecular formula is C14H18N2O2. The molecule has 1 aromatic rings. The van der Waals surface area contributed by atoms with Crippen molar-refractivity contribution in [3.63, 3.8) is 0 Å². The first kappa shape index (κ1) is 12.6. The number of nitrogens with zero attached hydrogens (tertiary/aromatic N) is 1. The van der Waals surface area contributed by atoms with Crippen molar-refractivity contribution in [3.05, 3.63) is 47.2 Å². The number of ether oxygens (including phenoxy) is 1. The predicted molar refractivity (Wildman–Crippen MR) is 69.8 cm³/mol. The van der Waals surface area contributed by atoms with Gasteiger partial charge in [-0.1, -0.05) is 30.3 Å². The van der Waals surface area contributed by atoms with Crippen LogP contribution in [0.2, 0.25) is 0 Å². The van der Waals surface area contributed by atoms with Gasteiger partial charge in [0.1, 0.15) is 0 Å². The van der Waals surface area contributed by atoms with Gasteiger partial charge in [-0.15, -0.1) is 0 Å². The van der Waals surface area contributed by atoms with E-state index in [1.807, 2.05) is 25.2 Å². The number of rotatable bonds is 4. The van der Waals surface area contributed by atoms with Gasteiger partial charge in [0.15, 0.2) is 0 Å². The van der Waals surface area contributed by atoms with Gasteiger partial charge in [0.25, 0.3) is 0 Å². The van der Waals surface area contributed by atoms with E-state index in [0.29, 0.717) is 6.54 Å². The number of carbonyl (C=O) groups is 1. The second-order valence-electron chi connectivity index (χ2n) is 4.46. The Labute approximate surface area is 107 Å². The normalized spacial score (nSPS) is 15.9. The van der Waals surface area contributed by atoms with Crippen LogP contribution in [0, 0.1) is 0 Å². The zero-order chi connectivity index (χ0) is 13.0. The van der Waals surface area contributed by atoms with E-state index < -0.39 is 0 Å². The second-order valence-corrected chi connectivity index (χ2v) is 4.46. The summed E-state index contributed by atoms with van der Waals surface area (Å²) >= 11 is 0. The lowest BCUT2D eigenvalue weighted by Crippen LogP contribution is -2.20. The van der Waals surface area contributed by atoms with Crippen molar-refractivity contribution >= 4 is 5.97 Å². The first-order valence-electron chi connectivity index (χ1n) is 5.97. The minimum atomic E-state index is -0.241. The molecule has 96 valence electrons. The van der Waals surface area contributed by atoms with Crippen molar-refractivity contribution in [2.45, 2.75) is 6.54 Å². The lowest BCUT2D eigenvalue weighted by Gasteiger charge is -2.10. The topological polar surface area (TPSA) is 41.6 Å². The number of methoxy groups -OCH3 is 1. The average Bonchev–Trinajstić information content (AvgIpc) is 2.78. The van der Waals surface area contributed by atoms with Crippen molar-refractivity contribution in [3.8, 4) is 0 Å². The fourth-order valence-corrected chi connectivity index (χ4v) is 2.06. The lowest BCUT2D eigenvalue weighted by molar-refractivity contribution is -0.136. The number of benzene rings is 1. The molecule has 0 saturated carbocycles. The van der Waals surface area contributed by atoms with Crippen LogP contribution in [0.25, 0.3) is 0 Å². The van der Waals surface area contributed by atoms with E-state index in [2.05, 4.69) is 22.3 Å². The second kappa shape index (κ2) is 5.69. The van der Waals surface area contributed by atoms with Crippen LogP contribution in [0.5, 0.6) is 0 Å². The van der Waals surface area contributed by atoms with E-state index in [0.717, 1.165) is 24.4 Å². The maximum absolute atomic E-state index is 11.6. The molecule has 2 rings (SSSR count). The first-order valence-corrected chi connectivity index (χ1v) is 5.97. The minimum absolute atomic E-state index is 0.241. The van der Waals surface area contributed by atoms with Crippen LogP contribution in [-0.4, -0.2) is 38.1 Å². The highest BCUT2D eigenvalue weighted by Gasteiger charge is 2.24. The van der Waals surface area contributed by atoms with E-state index in [1.54, 1.807) is 0 Å². The summed E-state index contributed by atoms with van der Waals surface area (Å²) in [6, 6.07) is 10.1. The molecule has 0 aliphatic carbocycles. The Hall–Kier alpha value is -1.81. The summed E-state index contributed by atoms with van der Waals surface area (Å²) in [7, 11) is 3.41. The highest BCUT2D eigenvalue weighted by molar-refractivity contribution is 5.90. The predicted octanol–water partition coefficient (Wildman–Crippen LogP) is 1.15. The molecule has 0 bridgehead atoms. The van der Waals surface area contributed by atoms with E-state index in [9.17, 15) is 4.79 Å². The number of hydrogen-bond acceptors (Lipinski definition) is 4. The van der Waals surface area contributed by atoms with Crippen LogP contribution in [0.3, 0.4) is 0 Å². The lowest BCUT2D eigenvalue weighted by atomic mass is 10.2. The molecule has 4 heteroatoms. The van der Waals surface area contributed by atoms with Gasteiger partial charge >= 0.3 is 5.97 Å². The largest absolute Gasteiger partial charge is 0.466 e. The van der Waals surface area contributed by atoms with Gasteiger partial charge in [-0.3, -0.25) is 4.90 Å². The van der Waals surface area contributed by atoms with Gasteiger partial charge in [-0.25, -0.2) is 4.79 Å². The van der Waals surface area contributed by atoms with Gasteiger partial charge in [0.2, 0.25) is 0 Å². The molecular weight excluding hydrogens is 228 g/mol. The summed E-state index contributed by atoms with van der Waals surface area (Å²) in [6.45, 7) is 2.13. The summed E-state index contributed by atoms with van der Waals surface area (Å²) in [4.78, 5) is 13.7. The van der Waals surface area contributed by atoms with Gasteiger partial charge in [0.05, 0.1) is 12.7 Å². The van der Waals surface area contributed by atoms with Crippen LogP contribution < -0.4 is 5.32 Å². The molecule has 4 nitrogen and oxygen atoms in total. The number of likely N-dealkylation sites (N-methyl/N-ethyl adjacent to an activating group) is 1. The van der Waals surface area contributed by atoms with Gasteiger partial charge in [-0.05, 0) is 12.6 Å². The molecule has 0 amide bonds. The summed E-state index contributed by atoms with van der Waals surface area (Å²) < 4.78 is 4.80. The van der Waals surface area contributed by atoms with E-state index in [1.165, 1.54) is 12.7 Å². The van der Waals surface area contributed by atoms with Crippen molar-refractivity contribution in [1.29, 1.82) is 0 Å². The molecule has 0 fully saturated rings. The molecule has 0 radical (unpaired) electrons. The maximum atomic E-state index is 11.6. The monoisotopic (exact) mass is 246 g/mol. The van der Waals surface area contributed by atoms with E-state index in [-0.39, 0.29) is 5.97 Å². The van der Waals surface area contributed by atoms with Crippen molar-refractivity contribution in [2.75, 3.05) is 27.2 Å². The standard InChI is InChI=1S/C14H18N2O2/c1-16-9-12(14(17)18-2)13(10-16)15-8-11-6-4-3-5-7-11/h3-7,15H,8-10H2,1-2H3. The Bertz CT molecular complexity index is 454. The number of carbonyl (C=O) groups excluding carboxylic acids is 1. The van der Waals surface area contributed by atoms with Crippen molar-refractivity contribution in [1.82, 2.24) is 10.2 Å². The SMILES string of the molecule is COC(=O)C1=C(NCc2ccccc2)CN(C)C1. The molecule has 0 saturated heterocycles. The summed E-state index contributed by atoms with van der Waals surface area (Å²) in [5, 5.41) is 3.33. The smallest absolute Gasteiger partial charge is 0.336 e. The molecule has 1 N–H and O–H groups in total. The third-order valence-corrected chi connectivity index (χ3v) is 3.00. The van der Waals surface area contributed by atoms with Crippen LogP contribution >= 0.6 is 0 Å². The van der Waals surface area contributed by atoms with Gasteiger partial charge in [-0.2, -0.15) is 0 Å². The number of esters is 1. The van der Waals surface area contributed by atoms with Gasteiger partial charge < -0.3 is 10.1 Å². The van der Waals surface area contributed by atoms with Crippen molar-refractivity contribution in [2.24, 2.45) is 0 Å². The average molecular weight is 246 g/mol. The van der Waals surface area contributed by atoms with Crippen LogP contribution in [0.4, 0.5) is 0 Å². The molecule has 1 aromatic carbocycles. The Morgan fingerprint density at radius 3 is 2.72 bits per heavy atom. The van der Waals surface area contributed by atoms with Crippen LogP contribution in [-0.2, 0) is 16.1 Å². The zero-order valence-electron chi connectivity index (χ0n) is 10.8. The molecule has 1 aliphatic heterocycles. The Morgan fingerprint density at radius 1 is 1.33 bits per heavy atom.